The number of anilines is 3. The van der Waals surface area contributed by atoms with Crippen LogP contribution in [0.3, 0.4) is 0 Å². The Morgan fingerprint density at radius 3 is 0.470 bits per heavy atom. The summed E-state index contributed by atoms with van der Waals surface area (Å²) in [6.45, 7) is 15.1. The van der Waals surface area contributed by atoms with Crippen molar-refractivity contribution < 1.29 is 0 Å². The van der Waals surface area contributed by atoms with E-state index in [2.05, 4.69) is 272 Å². The van der Waals surface area contributed by atoms with Crippen LogP contribution in [0.25, 0.3) is 22.3 Å². The van der Waals surface area contributed by atoms with E-state index in [1.807, 2.05) is 0 Å². The first kappa shape index (κ1) is 43.5. The molecule has 9 aromatic rings. The highest BCUT2D eigenvalue weighted by atomic mass is 15.1. The van der Waals surface area contributed by atoms with Gasteiger partial charge in [-0.15, -0.1) is 0 Å². The lowest BCUT2D eigenvalue weighted by Gasteiger charge is -2.27. The van der Waals surface area contributed by atoms with E-state index >= 15 is 0 Å². The molecule has 0 aliphatic carbocycles. The van der Waals surface area contributed by atoms with Crippen LogP contribution in [0.2, 0.25) is 0 Å². The summed E-state index contributed by atoms with van der Waals surface area (Å²) >= 11 is 0. The molecule has 0 saturated carbocycles. The number of hydrogen-bond donors (Lipinski definition) is 0. The Bertz CT molecular complexity index is 2840. The lowest BCUT2D eigenvalue weighted by atomic mass is 9.85. The summed E-state index contributed by atoms with van der Waals surface area (Å²) in [5, 5.41) is 0. The van der Waals surface area contributed by atoms with Crippen molar-refractivity contribution in [1.29, 1.82) is 0 Å². The molecule has 66 heavy (non-hydrogen) atoms. The van der Waals surface area contributed by atoms with Crippen LogP contribution >= 0.6 is 0 Å². The zero-order chi connectivity index (χ0) is 45.7. The second kappa shape index (κ2) is 19.2. The molecule has 0 fully saturated rings. The molecule has 1 heteroatoms. The van der Waals surface area contributed by atoms with E-state index in [1.165, 1.54) is 94.6 Å². The van der Waals surface area contributed by atoms with Gasteiger partial charge in [0.2, 0.25) is 0 Å². The lowest BCUT2D eigenvalue weighted by molar-refractivity contribution is 1.27. The predicted octanol–water partition coefficient (Wildman–Crippen LogP) is 17.3. The monoisotopic (exact) mass is 851 g/mol. The first-order chi connectivity index (χ1) is 32.1. The third-order valence-electron chi connectivity index (χ3n) is 12.7. The van der Waals surface area contributed by atoms with Crippen molar-refractivity contribution in [3.05, 3.63) is 302 Å². The molecule has 0 atom stereocenters. The Labute approximate surface area is 392 Å². The highest BCUT2D eigenvalue weighted by Crippen LogP contribution is 2.42. The predicted molar refractivity (Wildman–Crippen MR) is 283 cm³/mol. The van der Waals surface area contributed by atoms with Gasteiger partial charge in [0.25, 0.3) is 0 Å². The average Bonchev–Trinajstić information content (AvgIpc) is 3.34. The normalized spacial score (nSPS) is 11.0. The molecule has 0 saturated heterocycles. The van der Waals surface area contributed by atoms with Crippen molar-refractivity contribution in [3.8, 4) is 0 Å². The van der Waals surface area contributed by atoms with Crippen molar-refractivity contribution in [2.45, 2.75) is 48.5 Å². The van der Waals surface area contributed by atoms with Gasteiger partial charge >= 0.3 is 0 Å². The molecule has 0 bridgehead atoms. The molecule has 0 aliphatic rings. The zero-order valence-corrected chi connectivity index (χ0v) is 39.2. The van der Waals surface area contributed by atoms with Gasteiger partial charge in [-0.05, 0) is 152 Å². The topological polar surface area (TPSA) is 3.24 Å². The number of rotatable bonds is 11. The van der Waals surface area contributed by atoms with Gasteiger partial charge in [-0.2, -0.15) is 0 Å². The number of nitrogens with zero attached hydrogens (tertiary/aromatic N) is 1. The molecule has 1 nitrogen and oxygen atoms in total. The maximum Gasteiger partial charge on any atom is 0.0462 e. The molecule has 0 spiro atoms. The summed E-state index contributed by atoms with van der Waals surface area (Å²) < 4.78 is 0. The molecule has 0 aliphatic heterocycles. The Morgan fingerprint density at radius 1 is 0.182 bits per heavy atom. The Kier molecular flexibility index (Phi) is 12.6. The van der Waals surface area contributed by atoms with Crippen LogP contribution in [0, 0.1) is 48.5 Å². The van der Waals surface area contributed by atoms with Gasteiger partial charge in [0.15, 0.2) is 0 Å². The van der Waals surface area contributed by atoms with E-state index in [1.54, 1.807) is 0 Å². The third kappa shape index (κ3) is 9.53. The molecule has 9 rings (SSSR count). The summed E-state index contributed by atoms with van der Waals surface area (Å²) in [7, 11) is 0. The second-order valence-corrected chi connectivity index (χ2v) is 18.0. The molecule has 0 radical (unpaired) electrons. The highest BCUT2D eigenvalue weighted by Gasteiger charge is 2.21. The van der Waals surface area contributed by atoms with Gasteiger partial charge in [-0.1, -0.05) is 221 Å². The SMILES string of the molecule is Cc1ccc(C(=C(c2ccc(C)cc2)c2ccc(N(c3ccc(C)cc3)c3ccc(C(=C(c4ccc(C)cc4)c4ccc(C)cc4)c4ccc(C)cc4)cc3)cc2)c2ccc(C)cc2)cc1. The van der Waals surface area contributed by atoms with Crippen LogP contribution < -0.4 is 4.90 Å². The van der Waals surface area contributed by atoms with Crippen LogP contribution in [-0.4, -0.2) is 0 Å². The van der Waals surface area contributed by atoms with E-state index in [0.717, 1.165) is 28.2 Å². The fourth-order valence-electron chi connectivity index (χ4n) is 8.84. The molecular weight excluding hydrogens is 795 g/mol. The summed E-state index contributed by atoms with van der Waals surface area (Å²) in [5.74, 6) is 0. The maximum absolute atomic E-state index is 2.37. The maximum atomic E-state index is 2.37. The molecule has 0 N–H and O–H groups in total. The Morgan fingerprint density at radius 2 is 0.303 bits per heavy atom. The van der Waals surface area contributed by atoms with Crippen molar-refractivity contribution in [1.82, 2.24) is 0 Å². The van der Waals surface area contributed by atoms with Gasteiger partial charge in [-0.3, -0.25) is 0 Å². The van der Waals surface area contributed by atoms with E-state index in [9.17, 15) is 0 Å². The smallest absolute Gasteiger partial charge is 0.0462 e. The zero-order valence-electron chi connectivity index (χ0n) is 39.2. The number of benzene rings is 9. The van der Waals surface area contributed by atoms with Gasteiger partial charge in [0.05, 0.1) is 0 Å². The molecule has 0 unspecified atom stereocenters. The minimum Gasteiger partial charge on any atom is -0.311 e. The van der Waals surface area contributed by atoms with Crippen LogP contribution in [0.15, 0.2) is 218 Å². The van der Waals surface area contributed by atoms with Crippen molar-refractivity contribution in [2.24, 2.45) is 0 Å². The second-order valence-electron chi connectivity index (χ2n) is 18.0. The average molecular weight is 852 g/mol. The molecule has 9 aromatic carbocycles. The molecule has 0 aromatic heterocycles. The fraction of sp³-hybridized carbons (Fsp3) is 0.108. The van der Waals surface area contributed by atoms with Gasteiger partial charge < -0.3 is 4.90 Å². The first-order valence-electron chi connectivity index (χ1n) is 23.1. The summed E-state index contributed by atoms with van der Waals surface area (Å²) in [6.07, 6.45) is 0. The molecular formula is C65H57N. The molecule has 322 valence electrons. The first-order valence-corrected chi connectivity index (χ1v) is 23.1. The minimum atomic E-state index is 1.08. The van der Waals surface area contributed by atoms with E-state index < -0.39 is 0 Å². The number of aryl methyl sites for hydroxylation is 7. The van der Waals surface area contributed by atoms with Crippen LogP contribution in [0.5, 0.6) is 0 Å². The van der Waals surface area contributed by atoms with Gasteiger partial charge in [-0.25, -0.2) is 0 Å². The summed E-state index contributed by atoms with van der Waals surface area (Å²) in [5.41, 5.74) is 26.2. The van der Waals surface area contributed by atoms with Crippen LogP contribution in [0.1, 0.15) is 83.5 Å². The van der Waals surface area contributed by atoms with Crippen LogP contribution in [-0.2, 0) is 0 Å². The van der Waals surface area contributed by atoms with E-state index in [0.29, 0.717) is 0 Å². The quantitative estimate of drug-likeness (QED) is 0.117. The van der Waals surface area contributed by atoms with Crippen molar-refractivity contribution in [2.75, 3.05) is 4.90 Å². The Balaban J connectivity index is 1.20. The lowest BCUT2D eigenvalue weighted by Crippen LogP contribution is -2.10. The van der Waals surface area contributed by atoms with Crippen LogP contribution in [0.4, 0.5) is 17.1 Å². The van der Waals surface area contributed by atoms with Crippen molar-refractivity contribution >= 4 is 39.4 Å². The standard InChI is InChI=1S/C65H57N/c1-44-8-22-51(23-9-44)62(52-24-10-45(2)11-25-52)64(55-30-16-48(5)17-31-55)57-34-40-60(41-35-57)66(59-38-20-50(7)21-39-59)61-42-36-58(37-43-61)65(56-32-18-49(6)19-33-56)63(53-26-12-46(3)13-27-53)54-28-14-47(4)15-29-54/h8-43H,1-7H3. The third-order valence-corrected chi connectivity index (χ3v) is 12.7. The summed E-state index contributed by atoms with van der Waals surface area (Å²) in [6, 6.07) is 81.0. The Hall–Kier alpha value is -7.74. The van der Waals surface area contributed by atoms with Gasteiger partial charge in [0, 0.05) is 17.1 Å². The molecule has 0 amide bonds. The van der Waals surface area contributed by atoms with E-state index in [-0.39, 0.29) is 0 Å². The molecule has 0 heterocycles. The highest BCUT2D eigenvalue weighted by molar-refractivity contribution is 6.06. The number of hydrogen-bond acceptors (Lipinski definition) is 1. The minimum absolute atomic E-state index is 1.08. The van der Waals surface area contributed by atoms with Crippen molar-refractivity contribution in [3.63, 3.8) is 0 Å². The summed E-state index contributed by atoms with van der Waals surface area (Å²) in [4.78, 5) is 2.37. The fourth-order valence-corrected chi connectivity index (χ4v) is 8.84. The van der Waals surface area contributed by atoms with Gasteiger partial charge in [0.1, 0.15) is 0 Å². The largest absolute Gasteiger partial charge is 0.311 e. The van der Waals surface area contributed by atoms with E-state index in [4.69, 9.17) is 0 Å².